The highest BCUT2D eigenvalue weighted by molar-refractivity contribution is 5.82. The molecule has 84 valence electrons. The van der Waals surface area contributed by atoms with Crippen molar-refractivity contribution in [1.29, 1.82) is 0 Å². The Hall–Kier alpha value is -1.09. The minimum atomic E-state index is -0.863. The Kier molecular flexibility index (Phi) is 4.56. The predicted molar refractivity (Wildman–Crippen MR) is 58.5 cm³/mol. The summed E-state index contributed by atoms with van der Waals surface area (Å²) >= 11 is 0. The first-order valence-electron chi connectivity index (χ1n) is 5.29. The number of carbonyl (C=O) groups excluding carboxylic acids is 1. The second-order valence-electron chi connectivity index (χ2n) is 3.74. The standard InChI is InChI=1S/C12H18O3/c1-3-4-5-6-9-14-11(13)12(2)8-7-10-15-12/h3,7-8H,1,4-6,9-10H2,2H3. The van der Waals surface area contributed by atoms with Crippen LogP contribution in [-0.4, -0.2) is 24.8 Å². The smallest absolute Gasteiger partial charge is 0.342 e. The van der Waals surface area contributed by atoms with Gasteiger partial charge in [0.25, 0.3) is 0 Å². The van der Waals surface area contributed by atoms with Gasteiger partial charge in [0.2, 0.25) is 0 Å². The third-order valence-corrected chi connectivity index (χ3v) is 2.36. The van der Waals surface area contributed by atoms with Gasteiger partial charge in [0.15, 0.2) is 5.60 Å². The SMILES string of the molecule is C=CCCCCOC(=O)C1(C)C=CCO1. The Labute approximate surface area is 90.8 Å². The summed E-state index contributed by atoms with van der Waals surface area (Å²) in [5.41, 5.74) is -0.863. The average Bonchev–Trinajstić information content (AvgIpc) is 2.66. The Bertz CT molecular complexity index is 258. The number of hydrogen-bond acceptors (Lipinski definition) is 3. The number of allylic oxidation sites excluding steroid dienone is 1. The number of hydrogen-bond donors (Lipinski definition) is 0. The van der Waals surface area contributed by atoms with Gasteiger partial charge in [0, 0.05) is 0 Å². The summed E-state index contributed by atoms with van der Waals surface area (Å²) < 4.78 is 10.4. The van der Waals surface area contributed by atoms with Crippen molar-refractivity contribution in [2.75, 3.05) is 13.2 Å². The zero-order valence-electron chi connectivity index (χ0n) is 9.20. The van der Waals surface area contributed by atoms with Crippen LogP contribution < -0.4 is 0 Å². The molecule has 15 heavy (non-hydrogen) atoms. The Morgan fingerprint density at radius 1 is 1.67 bits per heavy atom. The van der Waals surface area contributed by atoms with Crippen LogP contribution in [0.3, 0.4) is 0 Å². The summed E-state index contributed by atoms with van der Waals surface area (Å²) in [5.74, 6) is -0.296. The Morgan fingerprint density at radius 3 is 3.07 bits per heavy atom. The highest BCUT2D eigenvalue weighted by Crippen LogP contribution is 2.19. The molecule has 0 aromatic carbocycles. The molecule has 0 amide bonds. The molecule has 0 saturated carbocycles. The molecule has 1 atom stereocenters. The molecule has 1 unspecified atom stereocenters. The molecular formula is C12H18O3. The van der Waals surface area contributed by atoms with Gasteiger partial charge in [-0.1, -0.05) is 12.2 Å². The lowest BCUT2D eigenvalue weighted by Crippen LogP contribution is -2.35. The van der Waals surface area contributed by atoms with E-state index in [9.17, 15) is 4.79 Å². The lowest BCUT2D eigenvalue weighted by atomic mass is 10.1. The summed E-state index contributed by atoms with van der Waals surface area (Å²) in [5, 5.41) is 0. The molecule has 3 nitrogen and oxygen atoms in total. The lowest BCUT2D eigenvalue weighted by molar-refractivity contribution is -0.161. The van der Waals surface area contributed by atoms with E-state index in [4.69, 9.17) is 9.47 Å². The van der Waals surface area contributed by atoms with Crippen molar-refractivity contribution in [3.63, 3.8) is 0 Å². The van der Waals surface area contributed by atoms with Crippen LogP contribution in [0.1, 0.15) is 26.2 Å². The summed E-state index contributed by atoms with van der Waals surface area (Å²) in [6.07, 6.45) is 8.29. The largest absolute Gasteiger partial charge is 0.463 e. The molecule has 1 aliphatic heterocycles. The number of esters is 1. The van der Waals surface area contributed by atoms with E-state index in [2.05, 4.69) is 6.58 Å². The molecule has 0 saturated heterocycles. The van der Waals surface area contributed by atoms with E-state index in [1.807, 2.05) is 12.2 Å². The van der Waals surface area contributed by atoms with E-state index >= 15 is 0 Å². The molecule has 3 heteroatoms. The molecule has 0 radical (unpaired) electrons. The number of rotatable bonds is 6. The topological polar surface area (TPSA) is 35.5 Å². The van der Waals surface area contributed by atoms with Crippen LogP contribution in [0.15, 0.2) is 24.8 Å². The van der Waals surface area contributed by atoms with Crippen molar-refractivity contribution in [2.24, 2.45) is 0 Å². The summed E-state index contributed by atoms with van der Waals surface area (Å²) in [6.45, 7) is 6.30. The van der Waals surface area contributed by atoms with Crippen molar-refractivity contribution in [3.05, 3.63) is 24.8 Å². The van der Waals surface area contributed by atoms with Crippen LogP contribution in [0.25, 0.3) is 0 Å². The fraction of sp³-hybridized carbons (Fsp3) is 0.583. The maximum absolute atomic E-state index is 11.6. The van der Waals surface area contributed by atoms with Crippen LogP contribution in [0.5, 0.6) is 0 Å². The molecule has 0 fully saturated rings. The van der Waals surface area contributed by atoms with Gasteiger partial charge in [0.1, 0.15) is 0 Å². The molecule has 1 aliphatic rings. The first kappa shape index (κ1) is 12.0. The van der Waals surface area contributed by atoms with Crippen molar-refractivity contribution in [2.45, 2.75) is 31.8 Å². The minimum Gasteiger partial charge on any atom is -0.463 e. The van der Waals surface area contributed by atoms with Gasteiger partial charge in [-0.25, -0.2) is 4.79 Å². The molecule has 0 bridgehead atoms. The fourth-order valence-corrected chi connectivity index (χ4v) is 1.37. The zero-order valence-corrected chi connectivity index (χ0v) is 9.20. The molecule has 0 spiro atoms. The summed E-state index contributed by atoms with van der Waals surface area (Å²) in [4.78, 5) is 11.6. The number of ether oxygens (including phenoxy) is 2. The van der Waals surface area contributed by atoms with Crippen LogP contribution >= 0.6 is 0 Å². The Balaban J connectivity index is 2.18. The average molecular weight is 210 g/mol. The van der Waals surface area contributed by atoms with Crippen LogP contribution in [-0.2, 0) is 14.3 Å². The second kappa shape index (κ2) is 5.71. The molecular weight excluding hydrogens is 192 g/mol. The molecule has 0 aliphatic carbocycles. The van der Waals surface area contributed by atoms with E-state index < -0.39 is 5.60 Å². The molecule has 1 heterocycles. The van der Waals surface area contributed by atoms with Gasteiger partial charge in [0.05, 0.1) is 13.2 Å². The third kappa shape index (κ3) is 3.51. The van der Waals surface area contributed by atoms with Crippen LogP contribution in [0.4, 0.5) is 0 Å². The maximum atomic E-state index is 11.6. The number of unbranched alkanes of at least 4 members (excludes halogenated alkanes) is 2. The molecule has 1 rings (SSSR count). The van der Waals surface area contributed by atoms with Crippen LogP contribution in [0.2, 0.25) is 0 Å². The lowest BCUT2D eigenvalue weighted by Gasteiger charge is -2.19. The van der Waals surface area contributed by atoms with Gasteiger partial charge >= 0.3 is 5.97 Å². The molecule has 0 aromatic rings. The van der Waals surface area contributed by atoms with E-state index in [-0.39, 0.29) is 5.97 Å². The first-order chi connectivity index (χ1) is 7.19. The zero-order chi connectivity index (χ0) is 11.1. The van der Waals surface area contributed by atoms with Crippen molar-refractivity contribution >= 4 is 5.97 Å². The van der Waals surface area contributed by atoms with Crippen molar-refractivity contribution in [1.82, 2.24) is 0 Å². The minimum absolute atomic E-state index is 0.296. The van der Waals surface area contributed by atoms with E-state index in [0.717, 1.165) is 19.3 Å². The highest BCUT2D eigenvalue weighted by atomic mass is 16.6. The van der Waals surface area contributed by atoms with Crippen molar-refractivity contribution in [3.8, 4) is 0 Å². The second-order valence-corrected chi connectivity index (χ2v) is 3.74. The quantitative estimate of drug-likeness (QED) is 0.383. The highest BCUT2D eigenvalue weighted by Gasteiger charge is 2.35. The van der Waals surface area contributed by atoms with E-state index in [1.165, 1.54) is 0 Å². The van der Waals surface area contributed by atoms with Gasteiger partial charge in [-0.15, -0.1) is 6.58 Å². The van der Waals surface area contributed by atoms with Gasteiger partial charge in [-0.05, 0) is 32.3 Å². The third-order valence-electron chi connectivity index (χ3n) is 2.36. The normalized spacial score (nSPS) is 24.1. The monoisotopic (exact) mass is 210 g/mol. The van der Waals surface area contributed by atoms with E-state index in [1.54, 1.807) is 13.0 Å². The summed E-state index contributed by atoms with van der Waals surface area (Å²) in [6, 6.07) is 0. The van der Waals surface area contributed by atoms with Gasteiger partial charge in [-0.2, -0.15) is 0 Å². The number of carbonyl (C=O) groups is 1. The molecule has 0 N–H and O–H groups in total. The van der Waals surface area contributed by atoms with Crippen LogP contribution in [0, 0.1) is 0 Å². The predicted octanol–water partition coefficient (Wildman–Crippen LogP) is 2.23. The fourth-order valence-electron chi connectivity index (χ4n) is 1.37. The first-order valence-corrected chi connectivity index (χ1v) is 5.29. The van der Waals surface area contributed by atoms with Crippen molar-refractivity contribution < 1.29 is 14.3 Å². The molecule has 0 aromatic heterocycles. The van der Waals surface area contributed by atoms with Gasteiger partial charge < -0.3 is 9.47 Å². The Morgan fingerprint density at radius 2 is 2.47 bits per heavy atom. The van der Waals surface area contributed by atoms with E-state index in [0.29, 0.717) is 13.2 Å². The van der Waals surface area contributed by atoms with Gasteiger partial charge in [-0.3, -0.25) is 0 Å². The summed E-state index contributed by atoms with van der Waals surface area (Å²) in [7, 11) is 0. The maximum Gasteiger partial charge on any atom is 0.342 e.